The number of rotatable bonds is 7. The predicted octanol–water partition coefficient (Wildman–Crippen LogP) is 2.59. The highest BCUT2D eigenvalue weighted by Crippen LogP contribution is 2.37. The normalized spacial score (nSPS) is 17.4. The number of hydrogen-bond donors (Lipinski definition) is 1. The third-order valence-electron chi connectivity index (χ3n) is 4.76. The fraction of sp³-hybridized carbons (Fsp3) is 0.500. The van der Waals surface area contributed by atoms with Crippen molar-refractivity contribution in [3.8, 4) is 0 Å². The van der Waals surface area contributed by atoms with Gasteiger partial charge in [0.15, 0.2) is 11.6 Å². The first kappa shape index (κ1) is 17.6. The maximum absolute atomic E-state index is 5.13. The first-order valence-corrected chi connectivity index (χ1v) is 9.26. The molecule has 1 fully saturated rings. The molecule has 0 aromatic carbocycles. The molecule has 0 aliphatic carbocycles. The number of piperidine rings is 1. The molecule has 142 valence electrons. The lowest BCUT2D eigenvalue weighted by atomic mass is 9.96. The van der Waals surface area contributed by atoms with Gasteiger partial charge in [-0.15, -0.1) is 0 Å². The smallest absolute Gasteiger partial charge is 0.245 e. The molecule has 0 saturated carbocycles. The van der Waals surface area contributed by atoms with Crippen molar-refractivity contribution >= 4 is 22.9 Å². The maximum atomic E-state index is 5.13. The predicted molar refractivity (Wildman–Crippen MR) is 101 cm³/mol. The molecule has 1 saturated heterocycles. The molecule has 4 rings (SSSR count). The van der Waals surface area contributed by atoms with E-state index in [-0.39, 0.29) is 6.04 Å². The van der Waals surface area contributed by atoms with E-state index in [0.717, 1.165) is 38.2 Å². The lowest BCUT2D eigenvalue weighted by molar-refractivity contribution is 0.198. The minimum atomic E-state index is 0.207. The Morgan fingerprint density at radius 2 is 2.15 bits per heavy atom. The Morgan fingerprint density at radius 3 is 2.96 bits per heavy atom. The third-order valence-corrected chi connectivity index (χ3v) is 4.76. The SMILES string of the molecule is COCCCNc1nc2nonc2nc1N1CCCC[C@H]1c1cccnc1. The molecule has 0 unspecified atom stereocenters. The largest absolute Gasteiger partial charge is 0.385 e. The third kappa shape index (κ3) is 3.82. The average Bonchev–Trinajstić information content (AvgIpc) is 3.19. The highest BCUT2D eigenvalue weighted by Gasteiger charge is 2.28. The molecule has 0 amide bonds. The van der Waals surface area contributed by atoms with Crippen LogP contribution in [-0.4, -0.2) is 52.1 Å². The molecular formula is C18H23N7O2. The van der Waals surface area contributed by atoms with E-state index in [1.54, 1.807) is 13.3 Å². The molecule has 1 atom stereocenters. The van der Waals surface area contributed by atoms with Gasteiger partial charge in [0.2, 0.25) is 11.3 Å². The van der Waals surface area contributed by atoms with E-state index in [1.807, 2.05) is 12.3 Å². The maximum Gasteiger partial charge on any atom is 0.245 e. The fourth-order valence-corrected chi connectivity index (χ4v) is 3.48. The second kappa shape index (κ2) is 8.26. The number of nitrogens with one attached hydrogen (secondary N) is 1. The van der Waals surface area contributed by atoms with Crippen LogP contribution in [0.4, 0.5) is 11.6 Å². The molecule has 3 aromatic rings. The van der Waals surface area contributed by atoms with Gasteiger partial charge in [0.1, 0.15) is 0 Å². The van der Waals surface area contributed by atoms with E-state index < -0.39 is 0 Å². The highest BCUT2D eigenvalue weighted by atomic mass is 16.6. The van der Waals surface area contributed by atoms with E-state index in [4.69, 9.17) is 14.3 Å². The van der Waals surface area contributed by atoms with E-state index in [9.17, 15) is 0 Å². The van der Waals surface area contributed by atoms with Gasteiger partial charge in [-0.25, -0.2) is 14.6 Å². The van der Waals surface area contributed by atoms with E-state index in [1.165, 1.54) is 12.0 Å². The van der Waals surface area contributed by atoms with Crippen LogP contribution in [0.1, 0.15) is 37.3 Å². The number of aromatic nitrogens is 5. The zero-order valence-corrected chi connectivity index (χ0v) is 15.3. The molecule has 4 heterocycles. The van der Waals surface area contributed by atoms with Crippen LogP contribution in [0.3, 0.4) is 0 Å². The number of fused-ring (bicyclic) bond motifs is 1. The number of ether oxygens (including phenoxy) is 1. The van der Waals surface area contributed by atoms with Crippen molar-refractivity contribution in [2.75, 3.05) is 37.0 Å². The van der Waals surface area contributed by atoms with Gasteiger partial charge in [0.05, 0.1) is 6.04 Å². The van der Waals surface area contributed by atoms with Gasteiger partial charge >= 0.3 is 0 Å². The van der Waals surface area contributed by atoms with Crippen LogP contribution >= 0.6 is 0 Å². The van der Waals surface area contributed by atoms with E-state index in [0.29, 0.717) is 23.7 Å². The van der Waals surface area contributed by atoms with Crippen LogP contribution in [0.25, 0.3) is 11.3 Å². The minimum absolute atomic E-state index is 0.207. The number of hydrogen-bond acceptors (Lipinski definition) is 9. The molecule has 27 heavy (non-hydrogen) atoms. The summed E-state index contributed by atoms with van der Waals surface area (Å²) < 4.78 is 9.94. The summed E-state index contributed by atoms with van der Waals surface area (Å²) in [6, 6.07) is 4.30. The summed E-state index contributed by atoms with van der Waals surface area (Å²) in [5, 5.41) is 11.1. The van der Waals surface area contributed by atoms with Gasteiger partial charge in [-0.3, -0.25) is 4.98 Å². The van der Waals surface area contributed by atoms with Gasteiger partial charge in [-0.05, 0) is 47.6 Å². The second-order valence-corrected chi connectivity index (χ2v) is 6.57. The Morgan fingerprint density at radius 1 is 1.26 bits per heavy atom. The topological polar surface area (TPSA) is 102 Å². The Kier molecular flexibility index (Phi) is 5.38. The molecular weight excluding hydrogens is 346 g/mol. The summed E-state index contributed by atoms with van der Waals surface area (Å²) in [7, 11) is 1.70. The number of nitrogens with zero attached hydrogens (tertiary/aromatic N) is 6. The number of anilines is 2. The summed E-state index contributed by atoms with van der Waals surface area (Å²) in [5.74, 6) is 1.48. The summed E-state index contributed by atoms with van der Waals surface area (Å²) in [6.45, 7) is 2.32. The molecule has 0 spiro atoms. The first-order chi connectivity index (χ1) is 13.4. The molecule has 1 aliphatic rings. The quantitative estimate of drug-likeness (QED) is 0.629. The van der Waals surface area contributed by atoms with Crippen LogP contribution in [0, 0.1) is 0 Å². The van der Waals surface area contributed by atoms with Crippen molar-refractivity contribution in [2.24, 2.45) is 0 Å². The van der Waals surface area contributed by atoms with Gasteiger partial charge in [0, 0.05) is 39.2 Å². The Balaban J connectivity index is 1.68. The molecule has 9 heteroatoms. The Labute approximate surface area is 157 Å². The van der Waals surface area contributed by atoms with Gasteiger partial charge in [0.25, 0.3) is 0 Å². The molecule has 9 nitrogen and oxygen atoms in total. The minimum Gasteiger partial charge on any atom is -0.385 e. The van der Waals surface area contributed by atoms with Crippen LogP contribution < -0.4 is 10.2 Å². The second-order valence-electron chi connectivity index (χ2n) is 6.57. The molecule has 0 bridgehead atoms. The first-order valence-electron chi connectivity index (χ1n) is 9.26. The lowest BCUT2D eigenvalue weighted by Gasteiger charge is -2.37. The van der Waals surface area contributed by atoms with E-state index >= 15 is 0 Å². The van der Waals surface area contributed by atoms with Crippen LogP contribution in [0.5, 0.6) is 0 Å². The zero-order valence-electron chi connectivity index (χ0n) is 15.3. The molecule has 0 radical (unpaired) electrons. The number of pyridine rings is 1. The van der Waals surface area contributed by atoms with Crippen molar-refractivity contribution < 1.29 is 9.37 Å². The van der Waals surface area contributed by atoms with Crippen LogP contribution in [0.15, 0.2) is 29.2 Å². The van der Waals surface area contributed by atoms with Crippen molar-refractivity contribution in [3.05, 3.63) is 30.1 Å². The fourth-order valence-electron chi connectivity index (χ4n) is 3.48. The molecule has 1 aliphatic heterocycles. The van der Waals surface area contributed by atoms with Crippen LogP contribution in [0.2, 0.25) is 0 Å². The number of methoxy groups -OCH3 is 1. The highest BCUT2D eigenvalue weighted by molar-refractivity contribution is 5.74. The summed E-state index contributed by atoms with van der Waals surface area (Å²) in [4.78, 5) is 15.9. The molecule has 1 N–H and O–H groups in total. The average molecular weight is 369 g/mol. The van der Waals surface area contributed by atoms with Gasteiger partial charge in [-0.2, -0.15) is 0 Å². The van der Waals surface area contributed by atoms with Crippen molar-refractivity contribution in [2.45, 2.75) is 31.7 Å². The summed E-state index contributed by atoms with van der Waals surface area (Å²) in [5.41, 5.74) is 2.01. The Hall–Kier alpha value is -2.81. The van der Waals surface area contributed by atoms with Gasteiger partial charge in [-0.1, -0.05) is 6.07 Å². The van der Waals surface area contributed by atoms with Crippen LogP contribution in [-0.2, 0) is 4.74 Å². The standard InChI is InChI=1S/C18H23N7O2/c1-26-11-5-9-20-17-18(22-16-15(21-17)23-27-24-16)25-10-3-2-7-14(25)13-6-4-8-19-12-13/h4,6,8,12,14H,2-3,5,7,9-11H2,1H3,(H,20,21,23)/t14-/m0/s1. The summed E-state index contributed by atoms with van der Waals surface area (Å²) in [6.07, 6.45) is 7.93. The Bertz CT molecular complexity index is 871. The monoisotopic (exact) mass is 369 g/mol. The zero-order chi connectivity index (χ0) is 18.5. The van der Waals surface area contributed by atoms with Crippen molar-refractivity contribution in [1.82, 2.24) is 25.3 Å². The van der Waals surface area contributed by atoms with Gasteiger partial charge < -0.3 is 15.0 Å². The van der Waals surface area contributed by atoms with Crippen molar-refractivity contribution in [1.29, 1.82) is 0 Å². The summed E-state index contributed by atoms with van der Waals surface area (Å²) >= 11 is 0. The lowest BCUT2D eigenvalue weighted by Crippen LogP contribution is -2.35. The van der Waals surface area contributed by atoms with E-state index in [2.05, 4.69) is 36.6 Å². The molecule has 3 aromatic heterocycles. The van der Waals surface area contributed by atoms with Crippen molar-refractivity contribution in [3.63, 3.8) is 0 Å².